The van der Waals surface area contributed by atoms with Crippen molar-refractivity contribution in [2.75, 3.05) is 19.8 Å². The van der Waals surface area contributed by atoms with E-state index in [0.29, 0.717) is 11.5 Å². The number of halogens is 1. The highest BCUT2D eigenvalue weighted by molar-refractivity contribution is 6.34. The quantitative estimate of drug-likeness (QED) is 0.367. The Morgan fingerprint density at radius 2 is 2.00 bits per heavy atom. The summed E-state index contributed by atoms with van der Waals surface area (Å²) in [6.07, 6.45) is 0. The fraction of sp³-hybridized carbons (Fsp3) is 0.217. The first-order chi connectivity index (χ1) is 16.4. The molecule has 0 atom stereocenters. The molecule has 1 fully saturated rings. The number of nitrogens with one attached hydrogen (secondary N) is 2. The summed E-state index contributed by atoms with van der Waals surface area (Å²) in [5, 5.41) is 15.9. The average Bonchev–Trinajstić information content (AvgIpc) is 3.25. The highest BCUT2D eigenvalue weighted by Gasteiger charge is 2.36. The lowest BCUT2D eigenvalue weighted by atomic mass is 10.0. The van der Waals surface area contributed by atoms with E-state index in [-0.39, 0.29) is 54.0 Å². The molecule has 34 heavy (non-hydrogen) atoms. The number of aromatic nitrogens is 4. The van der Waals surface area contributed by atoms with Gasteiger partial charge in [0.15, 0.2) is 5.82 Å². The molecule has 2 aromatic heterocycles. The molecule has 0 saturated carbocycles. The molecule has 4 aromatic rings. The van der Waals surface area contributed by atoms with Gasteiger partial charge in [-0.3, -0.25) is 14.7 Å². The van der Waals surface area contributed by atoms with Crippen LogP contribution in [-0.2, 0) is 11.3 Å². The van der Waals surface area contributed by atoms with Gasteiger partial charge in [0.2, 0.25) is 0 Å². The SMILES string of the molecule is O=C(NCC1(O)COC1)c1c(Cl)cccc1OCc1cc(=O)n2[nH]c(-c3ccccc3)nc2n1. The van der Waals surface area contributed by atoms with Crippen molar-refractivity contribution < 1.29 is 19.4 Å². The van der Waals surface area contributed by atoms with Crippen LogP contribution < -0.4 is 15.6 Å². The van der Waals surface area contributed by atoms with Crippen molar-refractivity contribution in [2.45, 2.75) is 12.2 Å². The van der Waals surface area contributed by atoms with Crippen molar-refractivity contribution in [3.05, 3.63) is 81.2 Å². The average molecular weight is 482 g/mol. The summed E-state index contributed by atoms with van der Waals surface area (Å²) in [6.45, 7) is 0.246. The van der Waals surface area contributed by atoms with Crippen LogP contribution in [0.4, 0.5) is 0 Å². The smallest absolute Gasteiger partial charge is 0.274 e. The molecule has 0 spiro atoms. The van der Waals surface area contributed by atoms with E-state index in [1.165, 1.54) is 10.6 Å². The monoisotopic (exact) mass is 481 g/mol. The Hall–Kier alpha value is -3.73. The first-order valence-corrected chi connectivity index (χ1v) is 10.8. The molecule has 1 saturated heterocycles. The van der Waals surface area contributed by atoms with E-state index < -0.39 is 11.5 Å². The lowest BCUT2D eigenvalue weighted by molar-refractivity contribution is -0.173. The lowest BCUT2D eigenvalue weighted by Crippen LogP contribution is -2.57. The maximum Gasteiger partial charge on any atom is 0.274 e. The van der Waals surface area contributed by atoms with Gasteiger partial charge in [-0.15, -0.1) is 0 Å². The van der Waals surface area contributed by atoms with E-state index in [1.807, 2.05) is 30.3 Å². The molecule has 1 amide bonds. The van der Waals surface area contributed by atoms with Gasteiger partial charge < -0.3 is 19.9 Å². The molecule has 0 bridgehead atoms. The fourth-order valence-electron chi connectivity index (χ4n) is 3.50. The number of hydrogen-bond donors (Lipinski definition) is 3. The molecule has 0 unspecified atom stereocenters. The molecule has 1 aliphatic heterocycles. The van der Waals surface area contributed by atoms with Gasteiger partial charge in [0, 0.05) is 11.6 Å². The zero-order chi connectivity index (χ0) is 23.7. The van der Waals surface area contributed by atoms with E-state index in [1.54, 1.807) is 18.2 Å². The number of benzene rings is 2. The zero-order valence-electron chi connectivity index (χ0n) is 17.8. The van der Waals surface area contributed by atoms with Gasteiger partial charge in [-0.1, -0.05) is 48.0 Å². The molecule has 10 nitrogen and oxygen atoms in total. The molecule has 0 aliphatic carbocycles. The summed E-state index contributed by atoms with van der Waals surface area (Å²) in [6, 6.07) is 15.5. The van der Waals surface area contributed by atoms with Gasteiger partial charge in [-0.25, -0.2) is 4.98 Å². The van der Waals surface area contributed by atoms with Crippen LogP contribution in [0.2, 0.25) is 5.02 Å². The van der Waals surface area contributed by atoms with E-state index in [4.69, 9.17) is 21.1 Å². The number of carbonyl (C=O) groups excluding carboxylic acids is 1. The van der Waals surface area contributed by atoms with Crippen LogP contribution in [0.15, 0.2) is 59.4 Å². The van der Waals surface area contributed by atoms with Crippen molar-refractivity contribution in [2.24, 2.45) is 0 Å². The van der Waals surface area contributed by atoms with Crippen LogP contribution in [0.3, 0.4) is 0 Å². The predicted octanol–water partition coefficient (Wildman–Crippen LogP) is 1.81. The number of fused-ring (bicyclic) bond motifs is 1. The Labute approximate surface area is 198 Å². The van der Waals surface area contributed by atoms with E-state index >= 15 is 0 Å². The maximum absolute atomic E-state index is 12.7. The topological polar surface area (TPSA) is 131 Å². The van der Waals surface area contributed by atoms with Crippen molar-refractivity contribution in [3.63, 3.8) is 0 Å². The molecule has 11 heteroatoms. The minimum Gasteiger partial charge on any atom is -0.486 e. The number of amides is 1. The zero-order valence-corrected chi connectivity index (χ0v) is 18.6. The second-order valence-electron chi connectivity index (χ2n) is 7.96. The summed E-state index contributed by atoms with van der Waals surface area (Å²) in [5.74, 6) is 0.431. The molecule has 5 rings (SSSR count). The minimum absolute atomic E-state index is 0.0222. The summed E-state index contributed by atoms with van der Waals surface area (Å²) < 4.78 is 12.0. The van der Waals surface area contributed by atoms with E-state index in [0.717, 1.165) is 5.56 Å². The van der Waals surface area contributed by atoms with Crippen LogP contribution >= 0.6 is 11.6 Å². The molecular formula is C23H20ClN5O5. The lowest BCUT2D eigenvalue weighted by Gasteiger charge is -2.36. The van der Waals surface area contributed by atoms with E-state index in [2.05, 4.69) is 20.4 Å². The van der Waals surface area contributed by atoms with Crippen LogP contribution in [0.1, 0.15) is 16.1 Å². The van der Waals surface area contributed by atoms with Gasteiger partial charge in [0.05, 0.1) is 36.0 Å². The number of hydrogen-bond acceptors (Lipinski definition) is 7. The predicted molar refractivity (Wildman–Crippen MR) is 123 cm³/mol. The Bertz CT molecular complexity index is 1410. The molecule has 1 aliphatic rings. The van der Waals surface area contributed by atoms with Crippen LogP contribution in [-0.4, -0.2) is 56.0 Å². The normalized spacial score (nSPS) is 14.5. The first kappa shape index (κ1) is 22.1. The van der Waals surface area contributed by atoms with Crippen molar-refractivity contribution in [3.8, 4) is 17.1 Å². The number of aromatic amines is 1. The molecule has 174 valence electrons. The van der Waals surface area contributed by atoms with Crippen molar-refractivity contribution in [1.29, 1.82) is 0 Å². The van der Waals surface area contributed by atoms with Gasteiger partial charge >= 0.3 is 0 Å². The number of rotatable bonds is 7. The molecule has 2 aromatic carbocycles. The summed E-state index contributed by atoms with van der Waals surface area (Å²) in [7, 11) is 0. The van der Waals surface area contributed by atoms with E-state index in [9.17, 15) is 14.7 Å². The van der Waals surface area contributed by atoms with Crippen LogP contribution in [0, 0.1) is 0 Å². The standard InChI is InChI=1S/C23H20ClN5O5/c24-16-7-4-8-17(19(16)21(31)25-11-23(32)12-33-13-23)34-10-15-9-18(30)29-22(26-15)27-20(28-29)14-5-2-1-3-6-14/h1-9,32H,10-13H2,(H,25,31)(H,26,27,28). The van der Waals surface area contributed by atoms with Crippen LogP contribution in [0.25, 0.3) is 17.2 Å². The summed E-state index contributed by atoms with van der Waals surface area (Å²) >= 11 is 6.26. The third-order valence-electron chi connectivity index (χ3n) is 5.33. The molecule has 3 heterocycles. The Balaban J connectivity index is 1.35. The fourth-order valence-corrected chi connectivity index (χ4v) is 3.75. The second kappa shape index (κ2) is 8.90. The van der Waals surface area contributed by atoms with Gasteiger partial charge in [-0.05, 0) is 12.1 Å². The number of ether oxygens (including phenoxy) is 2. The van der Waals surface area contributed by atoms with Gasteiger partial charge in [0.1, 0.15) is 18.0 Å². The number of H-pyrrole nitrogens is 1. The Morgan fingerprint density at radius 1 is 1.21 bits per heavy atom. The third kappa shape index (κ3) is 4.38. The summed E-state index contributed by atoms with van der Waals surface area (Å²) in [5.41, 5.74) is -0.154. The minimum atomic E-state index is -1.08. The Kier molecular flexibility index (Phi) is 5.78. The number of carbonyl (C=O) groups is 1. The second-order valence-corrected chi connectivity index (χ2v) is 8.37. The van der Waals surface area contributed by atoms with Gasteiger partial charge in [0.25, 0.3) is 17.2 Å². The molecule has 0 radical (unpaired) electrons. The first-order valence-electron chi connectivity index (χ1n) is 10.5. The largest absolute Gasteiger partial charge is 0.486 e. The third-order valence-corrected chi connectivity index (χ3v) is 5.64. The molecular weight excluding hydrogens is 462 g/mol. The van der Waals surface area contributed by atoms with Gasteiger partial charge in [-0.2, -0.15) is 9.50 Å². The van der Waals surface area contributed by atoms with Crippen molar-refractivity contribution in [1.82, 2.24) is 24.9 Å². The Morgan fingerprint density at radius 3 is 2.74 bits per heavy atom. The summed E-state index contributed by atoms with van der Waals surface area (Å²) in [4.78, 5) is 34.1. The van der Waals surface area contributed by atoms with Crippen molar-refractivity contribution >= 4 is 23.3 Å². The molecule has 3 N–H and O–H groups in total. The number of aliphatic hydroxyl groups is 1. The van der Waals surface area contributed by atoms with Crippen LogP contribution in [0.5, 0.6) is 5.75 Å². The highest BCUT2D eigenvalue weighted by atomic mass is 35.5. The maximum atomic E-state index is 12.7. The highest BCUT2D eigenvalue weighted by Crippen LogP contribution is 2.27. The number of nitrogens with zero attached hydrogens (tertiary/aromatic N) is 3.